The van der Waals surface area contributed by atoms with Crippen molar-refractivity contribution in [2.45, 2.75) is 25.2 Å². The summed E-state index contributed by atoms with van der Waals surface area (Å²) in [5.41, 5.74) is 1.87. The van der Waals surface area contributed by atoms with Crippen molar-refractivity contribution in [3.8, 4) is 12.3 Å². The van der Waals surface area contributed by atoms with Crippen LogP contribution in [0.4, 0.5) is 0 Å². The van der Waals surface area contributed by atoms with Gasteiger partial charge in [0.1, 0.15) is 0 Å². The molecule has 0 atom stereocenters. The molecule has 0 aliphatic rings. The minimum absolute atomic E-state index is 0.0624. The number of hydrogen-bond donors (Lipinski definition) is 3. The largest absolute Gasteiger partial charge is 0.347 e. The van der Waals surface area contributed by atoms with E-state index in [1.54, 1.807) is 12.1 Å². The van der Waals surface area contributed by atoms with Crippen LogP contribution in [0.5, 0.6) is 0 Å². The van der Waals surface area contributed by atoms with E-state index in [0.29, 0.717) is 0 Å². The first kappa shape index (κ1) is 19.7. The highest BCUT2D eigenvalue weighted by Gasteiger charge is 2.15. The molecular weight excluding hydrogens is 330 g/mol. The Morgan fingerprint density at radius 1 is 1.12 bits per heavy atom. The van der Waals surface area contributed by atoms with Gasteiger partial charge in [-0.05, 0) is 37.1 Å². The molecule has 7 nitrogen and oxygen atoms in total. The number of rotatable bonds is 8. The molecule has 24 heavy (non-hydrogen) atoms. The number of carbonyl (C=O) groups excluding carboxylic acids is 2. The predicted octanol–water partition coefficient (Wildman–Crippen LogP) is -0.163. The third-order valence-corrected chi connectivity index (χ3v) is 4.73. The van der Waals surface area contributed by atoms with Crippen LogP contribution < -0.4 is 15.4 Å². The lowest BCUT2D eigenvalue weighted by Crippen LogP contribution is -2.38. The topological polar surface area (TPSA) is 104 Å². The van der Waals surface area contributed by atoms with Crippen LogP contribution in [0.1, 0.15) is 17.5 Å². The van der Waals surface area contributed by atoms with Gasteiger partial charge >= 0.3 is 0 Å². The molecule has 130 valence electrons. The minimum atomic E-state index is -3.67. The number of sulfonamides is 1. The van der Waals surface area contributed by atoms with E-state index in [1.807, 2.05) is 13.8 Å². The van der Waals surface area contributed by atoms with Crippen LogP contribution in [0.25, 0.3) is 0 Å². The summed E-state index contributed by atoms with van der Waals surface area (Å²) in [6, 6.07) is 4.82. The molecule has 0 saturated heterocycles. The van der Waals surface area contributed by atoms with E-state index in [9.17, 15) is 18.0 Å². The Hall–Kier alpha value is -2.37. The van der Waals surface area contributed by atoms with Crippen LogP contribution in [0.2, 0.25) is 0 Å². The summed E-state index contributed by atoms with van der Waals surface area (Å²) < 4.78 is 26.6. The molecular formula is C16H21N3O4S. The number of terminal acetylenes is 1. The maximum Gasteiger partial charge on any atom is 0.240 e. The van der Waals surface area contributed by atoms with Crippen molar-refractivity contribution < 1.29 is 18.0 Å². The summed E-state index contributed by atoms with van der Waals surface area (Å²) in [7, 11) is -3.67. The Morgan fingerprint density at radius 3 is 2.46 bits per heavy atom. The molecule has 0 aliphatic heterocycles. The first-order chi connectivity index (χ1) is 11.3. The molecule has 8 heteroatoms. The fourth-order valence-electron chi connectivity index (χ4n) is 1.74. The summed E-state index contributed by atoms with van der Waals surface area (Å²) in [5.74, 6) is 1.40. The van der Waals surface area contributed by atoms with Gasteiger partial charge in [-0.15, -0.1) is 6.42 Å². The van der Waals surface area contributed by atoms with Gasteiger partial charge < -0.3 is 10.6 Å². The van der Waals surface area contributed by atoms with Crippen molar-refractivity contribution in [3.63, 3.8) is 0 Å². The summed E-state index contributed by atoms with van der Waals surface area (Å²) in [4.78, 5) is 23.0. The van der Waals surface area contributed by atoms with Gasteiger partial charge in [-0.3, -0.25) is 9.59 Å². The van der Waals surface area contributed by atoms with Gasteiger partial charge in [0.15, 0.2) is 0 Å². The Kier molecular flexibility index (Phi) is 7.42. The van der Waals surface area contributed by atoms with Gasteiger partial charge in [0, 0.05) is 13.0 Å². The van der Waals surface area contributed by atoms with E-state index in [4.69, 9.17) is 6.42 Å². The van der Waals surface area contributed by atoms with Crippen LogP contribution in [0, 0.1) is 26.2 Å². The van der Waals surface area contributed by atoms with Gasteiger partial charge in [0.25, 0.3) is 0 Å². The number of nitrogens with one attached hydrogen (secondary N) is 3. The highest BCUT2D eigenvalue weighted by atomic mass is 32.2. The zero-order chi connectivity index (χ0) is 18.2. The van der Waals surface area contributed by atoms with Gasteiger partial charge in [0.05, 0.1) is 18.0 Å². The summed E-state index contributed by atoms with van der Waals surface area (Å²) in [6.45, 7) is 3.54. The van der Waals surface area contributed by atoms with Crippen LogP contribution in [-0.2, 0) is 19.6 Å². The zero-order valence-corrected chi connectivity index (χ0v) is 14.5. The van der Waals surface area contributed by atoms with Crippen LogP contribution in [0.15, 0.2) is 23.1 Å². The van der Waals surface area contributed by atoms with Gasteiger partial charge in [-0.2, -0.15) is 0 Å². The number of carbonyl (C=O) groups is 2. The van der Waals surface area contributed by atoms with Crippen molar-refractivity contribution in [1.82, 2.24) is 15.4 Å². The molecule has 0 radical (unpaired) electrons. The maximum absolute atomic E-state index is 12.1. The van der Waals surface area contributed by atoms with Gasteiger partial charge in [-0.25, -0.2) is 13.1 Å². The normalized spacial score (nSPS) is 10.7. The van der Waals surface area contributed by atoms with Gasteiger partial charge in [-0.1, -0.05) is 12.0 Å². The van der Waals surface area contributed by atoms with Crippen molar-refractivity contribution >= 4 is 21.8 Å². The van der Waals surface area contributed by atoms with E-state index in [0.717, 1.165) is 11.1 Å². The second-order valence-corrected chi connectivity index (χ2v) is 6.92. The molecule has 0 heterocycles. The minimum Gasteiger partial charge on any atom is -0.347 e. The predicted molar refractivity (Wildman–Crippen MR) is 90.6 cm³/mol. The third-order valence-electron chi connectivity index (χ3n) is 3.27. The van der Waals surface area contributed by atoms with Crippen molar-refractivity contribution in [2.24, 2.45) is 0 Å². The molecule has 0 aliphatic carbocycles. The van der Waals surface area contributed by atoms with Crippen molar-refractivity contribution in [3.05, 3.63) is 29.3 Å². The highest BCUT2D eigenvalue weighted by Crippen LogP contribution is 2.14. The number of benzene rings is 1. The molecule has 1 aromatic carbocycles. The molecule has 0 spiro atoms. The molecule has 0 aromatic heterocycles. The zero-order valence-electron chi connectivity index (χ0n) is 13.7. The second kappa shape index (κ2) is 9.05. The summed E-state index contributed by atoms with van der Waals surface area (Å²) >= 11 is 0. The van der Waals surface area contributed by atoms with E-state index < -0.39 is 21.8 Å². The Morgan fingerprint density at radius 2 is 1.83 bits per heavy atom. The SMILES string of the molecule is C#CCNC(=O)CNC(=O)CCNS(=O)(=O)c1ccc(C)c(C)c1. The Balaban J connectivity index is 2.43. The highest BCUT2D eigenvalue weighted by molar-refractivity contribution is 7.89. The number of aryl methyl sites for hydroxylation is 2. The molecule has 0 unspecified atom stereocenters. The van der Waals surface area contributed by atoms with Crippen LogP contribution >= 0.6 is 0 Å². The molecule has 0 bridgehead atoms. The second-order valence-electron chi connectivity index (χ2n) is 5.15. The van der Waals surface area contributed by atoms with E-state index in [-0.39, 0.29) is 31.0 Å². The average molecular weight is 351 g/mol. The molecule has 1 rings (SSSR count). The monoisotopic (exact) mass is 351 g/mol. The van der Waals surface area contributed by atoms with Crippen molar-refractivity contribution in [1.29, 1.82) is 0 Å². The van der Waals surface area contributed by atoms with E-state index in [2.05, 4.69) is 21.3 Å². The first-order valence-electron chi connectivity index (χ1n) is 7.30. The molecule has 0 saturated carbocycles. The maximum atomic E-state index is 12.1. The first-order valence-corrected chi connectivity index (χ1v) is 8.78. The van der Waals surface area contributed by atoms with Crippen molar-refractivity contribution in [2.75, 3.05) is 19.6 Å². The fourth-order valence-corrected chi connectivity index (χ4v) is 2.86. The quantitative estimate of drug-likeness (QED) is 0.566. The molecule has 2 amide bonds. The summed E-state index contributed by atoms with van der Waals surface area (Å²) in [6.07, 6.45) is 4.91. The lowest BCUT2D eigenvalue weighted by molar-refractivity contribution is -0.125. The Labute approximate surface area is 142 Å². The number of amides is 2. The average Bonchev–Trinajstić information content (AvgIpc) is 2.53. The molecule has 1 aromatic rings. The lowest BCUT2D eigenvalue weighted by atomic mass is 10.1. The standard InChI is InChI=1S/C16H21N3O4S/c1-4-8-17-16(21)11-18-15(20)7-9-19-24(22,23)14-6-5-12(2)13(3)10-14/h1,5-6,10,19H,7-9,11H2,2-3H3,(H,17,21)(H,18,20). The smallest absolute Gasteiger partial charge is 0.240 e. The molecule has 0 fully saturated rings. The van der Waals surface area contributed by atoms with E-state index in [1.165, 1.54) is 6.07 Å². The Bertz CT molecular complexity index is 751. The van der Waals surface area contributed by atoms with Gasteiger partial charge in [0.2, 0.25) is 21.8 Å². The van der Waals surface area contributed by atoms with E-state index >= 15 is 0 Å². The van der Waals surface area contributed by atoms with Crippen LogP contribution in [0.3, 0.4) is 0 Å². The fraction of sp³-hybridized carbons (Fsp3) is 0.375. The van der Waals surface area contributed by atoms with Crippen LogP contribution in [-0.4, -0.2) is 39.9 Å². The third kappa shape index (κ3) is 6.40. The summed E-state index contributed by atoms with van der Waals surface area (Å²) in [5, 5.41) is 4.78. The number of hydrogen-bond acceptors (Lipinski definition) is 4. The molecule has 3 N–H and O–H groups in total. The lowest BCUT2D eigenvalue weighted by Gasteiger charge is -2.09.